The second-order valence-corrected chi connectivity index (χ2v) is 7.66. The van der Waals surface area contributed by atoms with E-state index in [4.69, 9.17) is 5.73 Å². The van der Waals surface area contributed by atoms with E-state index >= 15 is 0 Å². The Balaban J connectivity index is 1.55. The first-order chi connectivity index (χ1) is 14.2. The van der Waals surface area contributed by atoms with Crippen LogP contribution in [0.1, 0.15) is 21.1 Å². The number of rotatable bonds is 4. The highest BCUT2D eigenvalue weighted by Crippen LogP contribution is 2.31. The summed E-state index contributed by atoms with van der Waals surface area (Å²) < 4.78 is 0. The van der Waals surface area contributed by atoms with Crippen LogP contribution >= 0.6 is 11.3 Å². The van der Waals surface area contributed by atoms with Crippen LogP contribution in [0.15, 0.2) is 66.2 Å². The molecule has 0 atom stereocenters. The predicted molar refractivity (Wildman–Crippen MR) is 117 cm³/mol. The fourth-order valence-electron chi connectivity index (χ4n) is 3.47. The molecular formula is C22H17N5OS. The molecule has 7 heteroatoms. The van der Waals surface area contributed by atoms with Gasteiger partial charge in [-0.1, -0.05) is 30.3 Å². The van der Waals surface area contributed by atoms with Crippen LogP contribution in [0.5, 0.6) is 0 Å². The number of fused-ring (bicyclic) bond motifs is 3. The number of nitrogen functional groups attached to an aromatic ring is 1. The average Bonchev–Trinajstić information content (AvgIpc) is 3.38. The van der Waals surface area contributed by atoms with E-state index in [0.29, 0.717) is 22.9 Å². The molecule has 0 aliphatic rings. The van der Waals surface area contributed by atoms with Gasteiger partial charge in [-0.05, 0) is 29.8 Å². The zero-order valence-electron chi connectivity index (χ0n) is 15.3. The molecule has 5 aromatic rings. The van der Waals surface area contributed by atoms with Crippen molar-refractivity contribution in [1.82, 2.24) is 15.0 Å². The molecule has 0 fully saturated rings. The standard InChI is InChI=1S/C22H17N5OS/c23-20-19-17(12-15(25-20)10-13-4-2-1-3-5-13)16-11-14(6-7-18(16)27-19)26-21(28)22-24-8-9-29-22/h1-9,11-12,27H,10H2,(H2,23,25)(H,26,28). The Morgan fingerprint density at radius 2 is 1.97 bits per heavy atom. The maximum Gasteiger partial charge on any atom is 0.284 e. The maximum absolute atomic E-state index is 12.3. The number of nitrogens with zero attached hydrogens (tertiary/aromatic N) is 2. The van der Waals surface area contributed by atoms with Gasteiger partial charge in [0.2, 0.25) is 0 Å². The molecule has 2 aromatic carbocycles. The van der Waals surface area contributed by atoms with Gasteiger partial charge in [0.05, 0.1) is 5.52 Å². The maximum atomic E-state index is 12.3. The molecule has 142 valence electrons. The second kappa shape index (κ2) is 7.03. The molecule has 5 rings (SSSR count). The molecule has 3 aromatic heterocycles. The van der Waals surface area contributed by atoms with Crippen molar-refractivity contribution in [2.45, 2.75) is 6.42 Å². The van der Waals surface area contributed by atoms with Gasteiger partial charge < -0.3 is 16.0 Å². The Kier molecular flexibility index (Phi) is 4.22. The zero-order valence-corrected chi connectivity index (χ0v) is 16.2. The van der Waals surface area contributed by atoms with Crippen LogP contribution in [0.4, 0.5) is 11.5 Å². The van der Waals surface area contributed by atoms with Crippen molar-refractivity contribution >= 4 is 50.6 Å². The molecule has 0 bridgehead atoms. The quantitative estimate of drug-likeness (QED) is 0.411. The number of aromatic nitrogens is 3. The Morgan fingerprint density at radius 3 is 2.76 bits per heavy atom. The van der Waals surface area contributed by atoms with Gasteiger partial charge in [0.15, 0.2) is 5.01 Å². The molecule has 29 heavy (non-hydrogen) atoms. The number of carbonyl (C=O) groups is 1. The van der Waals surface area contributed by atoms with Crippen molar-refractivity contribution in [2.24, 2.45) is 0 Å². The summed E-state index contributed by atoms with van der Waals surface area (Å²) in [6.45, 7) is 0. The summed E-state index contributed by atoms with van der Waals surface area (Å²) in [5, 5.41) is 7.10. The molecule has 6 nitrogen and oxygen atoms in total. The van der Waals surface area contributed by atoms with Gasteiger partial charge >= 0.3 is 0 Å². The number of hydrogen-bond acceptors (Lipinski definition) is 5. The number of H-pyrrole nitrogens is 1. The molecule has 0 saturated heterocycles. The SMILES string of the molecule is Nc1nc(Cc2ccccc2)cc2c1[nH]c1ccc(NC(=O)c3nccs3)cc12. The third kappa shape index (κ3) is 3.32. The number of nitrogens with one attached hydrogen (secondary N) is 2. The monoisotopic (exact) mass is 399 g/mol. The van der Waals surface area contributed by atoms with Crippen molar-refractivity contribution in [3.63, 3.8) is 0 Å². The molecule has 0 aliphatic heterocycles. The molecule has 0 unspecified atom stereocenters. The van der Waals surface area contributed by atoms with E-state index in [-0.39, 0.29) is 5.91 Å². The predicted octanol–water partition coefficient (Wildman–Crippen LogP) is 4.60. The van der Waals surface area contributed by atoms with Crippen molar-refractivity contribution < 1.29 is 4.79 Å². The van der Waals surface area contributed by atoms with Crippen LogP contribution in [0.3, 0.4) is 0 Å². The minimum absolute atomic E-state index is 0.217. The smallest absolute Gasteiger partial charge is 0.284 e. The van der Waals surface area contributed by atoms with E-state index in [1.54, 1.807) is 11.6 Å². The second-order valence-electron chi connectivity index (χ2n) is 6.76. The Labute approximate surface area is 170 Å². The molecule has 0 spiro atoms. The lowest BCUT2D eigenvalue weighted by molar-refractivity contribution is 0.102. The summed E-state index contributed by atoms with van der Waals surface area (Å²) in [6.07, 6.45) is 2.32. The average molecular weight is 399 g/mol. The van der Waals surface area contributed by atoms with E-state index in [2.05, 4.69) is 38.5 Å². The van der Waals surface area contributed by atoms with Crippen molar-refractivity contribution in [2.75, 3.05) is 11.1 Å². The summed E-state index contributed by atoms with van der Waals surface area (Å²) in [6, 6.07) is 18.0. The Hall–Kier alpha value is -3.71. The number of benzene rings is 2. The minimum Gasteiger partial charge on any atom is -0.382 e. The topological polar surface area (TPSA) is 96.7 Å². The number of anilines is 2. The van der Waals surface area contributed by atoms with Crippen LogP contribution in [-0.4, -0.2) is 20.9 Å². The van der Waals surface area contributed by atoms with Gasteiger partial charge in [-0.15, -0.1) is 11.3 Å². The van der Waals surface area contributed by atoms with E-state index in [1.807, 2.05) is 36.4 Å². The normalized spacial score (nSPS) is 11.2. The van der Waals surface area contributed by atoms with Crippen LogP contribution in [0.2, 0.25) is 0 Å². The minimum atomic E-state index is -0.217. The van der Waals surface area contributed by atoms with E-state index in [9.17, 15) is 4.79 Å². The number of amides is 1. The third-order valence-corrected chi connectivity index (χ3v) is 5.55. The highest BCUT2D eigenvalue weighted by atomic mass is 32.1. The number of nitrogens with two attached hydrogens (primary N) is 1. The van der Waals surface area contributed by atoms with E-state index < -0.39 is 0 Å². The molecule has 3 heterocycles. The van der Waals surface area contributed by atoms with Crippen LogP contribution in [0.25, 0.3) is 21.8 Å². The zero-order chi connectivity index (χ0) is 19.8. The van der Waals surface area contributed by atoms with Gasteiger partial charge in [0.25, 0.3) is 5.91 Å². The van der Waals surface area contributed by atoms with Crippen molar-refractivity contribution in [3.05, 3.63) is 82.4 Å². The summed E-state index contributed by atoms with van der Waals surface area (Å²) >= 11 is 1.31. The molecule has 0 aliphatic carbocycles. The molecule has 0 radical (unpaired) electrons. The highest BCUT2D eigenvalue weighted by Gasteiger charge is 2.13. The summed E-state index contributed by atoms with van der Waals surface area (Å²) in [7, 11) is 0. The summed E-state index contributed by atoms with van der Waals surface area (Å²) in [5.74, 6) is 0.253. The number of thiazole rings is 1. The third-order valence-electron chi connectivity index (χ3n) is 4.78. The highest BCUT2D eigenvalue weighted by molar-refractivity contribution is 7.11. The molecular weight excluding hydrogens is 382 g/mol. The van der Waals surface area contributed by atoms with E-state index in [0.717, 1.165) is 27.5 Å². The van der Waals surface area contributed by atoms with E-state index in [1.165, 1.54) is 16.9 Å². The van der Waals surface area contributed by atoms with Crippen molar-refractivity contribution in [1.29, 1.82) is 0 Å². The number of hydrogen-bond donors (Lipinski definition) is 3. The fourth-order valence-corrected chi connectivity index (χ4v) is 4.00. The van der Waals surface area contributed by atoms with Gasteiger partial charge in [0, 0.05) is 45.7 Å². The van der Waals surface area contributed by atoms with Crippen LogP contribution < -0.4 is 11.1 Å². The Bertz CT molecular complexity index is 1330. The molecule has 1 amide bonds. The van der Waals surface area contributed by atoms with Crippen LogP contribution in [0, 0.1) is 0 Å². The summed E-state index contributed by atoms with van der Waals surface area (Å²) in [5.41, 5.74) is 10.8. The summed E-state index contributed by atoms with van der Waals surface area (Å²) in [4.78, 5) is 24.3. The van der Waals surface area contributed by atoms with Gasteiger partial charge in [0.1, 0.15) is 5.82 Å². The Morgan fingerprint density at radius 1 is 1.10 bits per heavy atom. The van der Waals surface area contributed by atoms with Crippen molar-refractivity contribution in [3.8, 4) is 0 Å². The molecule has 4 N–H and O–H groups in total. The first-order valence-corrected chi connectivity index (χ1v) is 10.0. The largest absolute Gasteiger partial charge is 0.382 e. The van der Waals surface area contributed by atoms with Gasteiger partial charge in [-0.2, -0.15) is 0 Å². The lowest BCUT2D eigenvalue weighted by Gasteiger charge is -2.05. The lowest BCUT2D eigenvalue weighted by atomic mass is 10.1. The van der Waals surface area contributed by atoms with Crippen LogP contribution in [-0.2, 0) is 6.42 Å². The van der Waals surface area contributed by atoms with Gasteiger partial charge in [-0.25, -0.2) is 9.97 Å². The lowest BCUT2D eigenvalue weighted by Crippen LogP contribution is -2.11. The number of pyridine rings is 1. The first kappa shape index (κ1) is 17.4. The van der Waals surface area contributed by atoms with Gasteiger partial charge in [-0.3, -0.25) is 4.79 Å². The fraction of sp³-hybridized carbons (Fsp3) is 0.0455. The first-order valence-electron chi connectivity index (χ1n) is 9.13. The molecule has 0 saturated carbocycles. The number of aromatic amines is 1. The number of carbonyl (C=O) groups excluding carboxylic acids is 1.